The van der Waals surface area contributed by atoms with Gasteiger partial charge in [0.2, 0.25) is 6.43 Å². The molecule has 0 aliphatic heterocycles. The van der Waals surface area contributed by atoms with Crippen LogP contribution in [-0.4, -0.2) is 13.0 Å². The smallest absolute Gasteiger partial charge is 0.242 e. The Kier molecular flexibility index (Phi) is 4.14. The average molecular weight is 226 g/mol. The summed E-state index contributed by atoms with van der Waals surface area (Å²) in [6.45, 7) is 0.455. The van der Waals surface area contributed by atoms with E-state index in [0.29, 0.717) is 12.5 Å². The van der Waals surface area contributed by atoms with Crippen molar-refractivity contribution in [2.45, 2.75) is 32.1 Å². The average Bonchev–Trinajstić information content (AvgIpc) is 2.17. The van der Waals surface area contributed by atoms with Crippen LogP contribution in [0.4, 0.5) is 8.78 Å². The number of nitrogens with two attached hydrogens (primary N) is 1. The molecule has 3 aliphatic carbocycles. The van der Waals surface area contributed by atoms with E-state index >= 15 is 0 Å². The van der Waals surface area contributed by atoms with Crippen molar-refractivity contribution < 1.29 is 8.78 Å². The Morgan fingerprint density at radius 3 is 1.93 bits per heavy atom. The maximum Gasteiger partial charge on any atom is 0.242 e. The predicted molar refractivity (Wildman–Crippen MR) is 54.7 cm³/mol. The van der Waals surface area contributed by atoms with E-state index in [1.807, 2.05) is 0 Å². The van der Waals surface area contributed by atoms with Gasteiger partial charge in [-0.2, -0.15) is 0 Å². The maximum absolute atomic E-state index is 12.8. The summed E-state index contributed by atoms with van der Waals surface area (Å²) >= 11 is 0. The van der Waals surface area contributed by atoms with Crippen molar-refractivity contribution in [3.8, 4) is 0 Å². The predicted octanol–water partition coefficient (Wildman–Crippen LogP) is 2.68. The molecule has 3 rings (SSSR count). The van der Waals surface area contributed by atoms with Gasteiger partial charge in [-0.15, -0.1) is 12.4 Å². The first kappa shape index (κ1) is 12.2. The standard InChI is InChI=1S/C10H17F2N.ClH/c11-10(12)9-7-3-1-6(2-4-7)8(9)5-13;/h6-10H,1-5,13H2;1H/t6?,7?,8-,9-;/m0./s1. The third-order valence-corrected chi connectivity index (χ3v) is 4.02. The van der Waals surface area contributed by atoms with Crippen LogP contribution in [0.2, 0.25) is 0 Å². The van der Waals surface area contributed by atoms with Gasteiger partial charge in [-0.3, -0.25) is 0 Å². The Bertz CT molecular complexity index is 181. The molecular weight excluding hydrogens is 208 g/mol. The van der Waals surface area contributed by atoms with Crippen LogP contribution in [0.15, 0.2) is 0 Å². The van der Waals surface area contributed by atoms with Crippen molar-refractivity contribution >= 4 is 12.4 Å². The molecule has 3 aliphatic rings. The number of hydrogen-bond acceptors (Lipinski definition) is 1. The fourth-order valence-electron chi connectivity index (χ4n) is 3.36. The van der Waals surface area contributed by atoms with Crippen molar-refractivity contribution in [3.05, 3.63) is 0 Å². The van der Waals surface area contributed by atoms with Crippen molar-refractivity contribution in [2.24, 2.45) is 29.4 Å². The minimum atomic E-state index is -2.15. The zero-order valence-corrected chi connectivity index (χ0v) is 8.98. The zero-order valence-electron chi connectivity index (χ0n) is 8.16. The van der Waals surface area contributed by atoms with Crippen LogP contribution in [0.1, 0.15) is 25.7 Å². The highest BCUT2D eigenvalue weighted by atomic mass is 35.5. The van der Waals surface area contributed by atoms with E-state index in [-0.39, 0.29) is 24.2 Å². The molecule has 0 aromatic rings. The third-order valence-electron chi connectivity index (χ3n) is 4.02. The molecule has 3 fully saturated rings. The highest BCUT2D eigenvalue weighted by molar-refractivity contribution is 5.85. The van der Waals surface area contributed by atoms with Crippen LogP contribution in [0.3, 0.4) is 0 Å². The van der Waals surface area contributed by atoms with E-state index in [2.05, 4.69) is 0 Å². The summed E-state index contributed by atoms with van der Waals surface area (Å²) in [7, 11) is 0. The lowest BCUT2D eigenvalue weighted by atomic mass is 9.59. The molecule has 2 atom stereocenters. The lowest BCUT2D eigenvalue weighted by molar-refractivity contribution is -0.0676. The molecule has 2 N–H and O–H groups in total. The van der Waals surface area contributed by atoms with Crippen molar-refractivity contribution in [2.75, 3.05) is 6.54 Å². The Labute approximate surface area is 89.8 Å². The van der Waals surface area contributed by atoms with E-state index in [1.165, 1.54) is 0 Å². The Morgan fingerprint density at radius 1 is 1.07 bits per heavy atom. The van der Waals surface area contributed by atoms with Gasteiger partial charge in [0, 0.05) is 5.92 Å². The first-order chi connectivity index (χ1) is 6.24. The number of fused-ring (bicyclic) bond motifs is 3. The van der Waals surface area contributed by atoms with Gasteiger partial charge in [0.25, 0.3) is 0 Å². The number of alkyl halides is 2. The van der Waals surface area contributed by atoms with E-state index in [1.54, 1.807) is 0 Å². The van der Waals surface area contributed by atoms with Crippen LogP contribution in [0, 0.1) is 23.7 Å². The summed E-state index contributed by atoms with van der Waals surface area (Å²) in [5.74, 6) is 0.470. The monoisotopic (exact) mass is 225 g/mol. The van der Waals surface area contributed by atoms with Crippen LogP contribution < -0.4 is 5.73 Å². The van der Waals surface area contributed by atoms with Gasteiger partial charge in [0.05, 0.1) is 0 Å². The Morgan fingerprint density at radius 2 is 1.57 bits per heavy atom. The molecule has 0 unspecified atom stereocenters. The summed E-state index contributed by atoms with van der Waals surface area (Å²) in [4.78, 5) is 0. The number of hydrogen-bond donors (Lipinski definition) is 1. The van der Waals surface area contributed by atoms with Crippen LogP contribution in [0.25, 0.3) is 0 Å². The lowest BCUT2D eigenvalue weighted by Crippen LogP contribution is -2.46. The molecule has 0 amide bonds. The topological polar surface area (TPSA) is 26.0 Å². The van der Waals surface area contributed by atoms with Gasteiger partial charge in [-0.1, -0.05) is 0 Å². The van der Waals surface area contributed by atoms with Gasteiger partial charge < -0.3 is 5.73 Å². The maximum atomic E-state index is 12.8. The van der Waals surface area contributed by atoms with Crippen molar-refractivity contribution in [1.82, 2.24) is 0 Å². The number of rotatable bonds is 2. The molecule has 0 heterocycles. The molecule has 4 heteroatoms. The zero-order chi connectivity index (χ0) is 9.42. The molecule has 0 saturated heterocycles. The second kappa shape index (κ2) is 4.75. The fraction of sp³-hybridized carbons (Fsp3) is 1.00. The largest absolute Gasteiger partial charge is 0.330 e. The van der Waals surface area contributed by atoms with E-state index in [9.17, 15) is 8.78 Å². The molecule has 2 bridgehead atoms. The second-order valence-electron chi connectivity index (χ2n) is 4.49. The summed E-state index contributed by atoms with van der Waals surface area (Å²) < 4.78 is 25.5. The molecular formula is C10H18ClF2N. The summed E-state index contributed by atoms with van der Waals surface area (Å²) in [6.07, 6.45) is 2.14. The minimum absolute atomic E-state index is 0. The molecule has 3 saturated carbocycles. The molecule has 14 heavy (non-hydrogen) atoms. The Balaban J connectivity index is 0.000000980. The lowest BCUT2D eigenvalue weighted by Gasteiger charge is -2.48. The van der Waals surface area contributed by atoms with Gasteiger partial charge in [-0.05, 0) is 50.0 Å². The van der Waals surface area contributed by atoms with E-state index < -0.39 is 12.3 Å². The molecule has 1 nitrogen and oxygen atoms in total. The summed E-state index contributed by atoms with van der Waals surface area (Å²) in [5.41, 5.74) is 5.58. The second-order valence-corrected chi connectivity index (χ2v) is 4.49. The van der Waals surface area contributed by atoms with E-state index in [4.69, 9.17) is 5.73 Å². The number of halogens is 3. The molecule has 0 spiro atoms. The first-order valence-corrected chi connectivity index (χ1v) is 5.22. The summed E-state index contributed by atoms with van der Waals surface area (Å²) in [6, 6.07) is 0. The highest BCUT2D eigenvalue weighted by Crippen LogP contribution is 2.50. The molecule has 0 radical (unpaired) electrons. The quantitative estimate of drug-likeness (QED) is 0.769. The fourth-order valence-corrected chi connectivity index (χ4v) is 3.36. The Hall–Kier alpha value is 0.110. The van der Waals surface area contributed by atoms with Gasteiger partial charge >= 0.3 is 0 Å². The van der Waals surface area contributed by atoms with E-state index in [0.717, 1.165) is 25.7 Å². The van der Waals surface area contributed by atoms with Crippen LogP contribution >= 0.6 is 12.4 Å². The molecule has 0 aromatic carbocycles. The van der Waals surface area contributed by atoms with Crippen molar-refractivity contribution in [3.63, 3.8) is 0 Å². The van der Waals surface area contributed by atoms with Gasteiger partial charge in [-0.25, -0.2) is 8.78 Å². The third kappa shape index (κ3) is 1.89. The SMILES string of the molecule is Cl.NC[C@H]1C2CCC(CC2)[C@@H]1C(F)F. The minimum Gasteiger partial charge on any atom is -0.330 e. The molecule has 84 valence electrons. The molecule has 0 aromatic heterocycles. The van der Waals surface area contributed by atoms with Crippen LogP contribution in [0.5, 0.6) is 0 Å². The summed E-state index contributed by atoms with van der Waals surface area (Å²) in [5, 5.41) is 0. The van der Waals surface area contributed by atoms with Gasteiger partial charge in [0.1, 0.15) is 0 Å². The van der Waals surface area contributed by atoms with Crippen molar-refractivity contribution in [1.29, 1.82) is 0 Å². The highest BCUT2D eigenvalue weighted by Gasteiger charge is 2.46. The van der Waals surface area contributed by atoms with Gasteiger partial charge in [0.15, 0.2) is 0 Å². The normalized spacial score (nSPS) is 41.1. The van der Waals surface area contributed by atoms with Crippen LogP contribution in [-0.2, 0) is 0 Å². The first-order valence-electron chi connectivity index (χ1n) is 5.22.